The smallest absolute Gasteiger partial charge is 0.251 e. The van der Waals surface area contributed by atoms with Crippen molar-refractivity contribution in [2.24, 2.45) is 0 Å². The molecule has 2 aromatic rings. The van der Waals surface area contributed by atoms with Crippen LogP contribution in [0.25, 0.3) is 0 Å². The quantitative estimate of drug-likeness (QED) is 0.863. The SMILES string of the molecule is COc1cc(OC)cc(C(=O)NCCn2cccn2)c1. The molecule has 0 bridgehead atoms. The maximum atomic E-state index is 12.1. The number of amides is 1. The van der Waals surface area contributed by atoms with Gasteiger partial charge in [-0.25, -0.2) is 0 Å². The monoisotopic (exact) mass is 275 g/mol. The van der Waals surface area contributed by atoms with Crippen LogP contribution in [0.3, 0.4) is 0 Å². The summed E-state index contributed by atoms with van der Waals surface area (Å²) in [7, 11) is 3.10. The fourth-order valence-corrected chi connectivity index (χ4v) is 1.76. The summed E-state index contributed by atoms with van der Waals surface area (Å²) in [5.41, 5.74) is 0.502. The number of aromatic nitrogens is 2. The lowest BCUT2D eigenvalue weighted by molar-refractivity contribution is 0.0951. The Balaban J connectivity index is 1.97. The molecule has 0 radical (unpaired) electrons. The Hall–Kier alpha value is -2.50. The summed E-state index contributed by atoms with van der Waals surface area (Å²) in [5, 5.41) is 6.89. The molecule has 1 heterocycles. The molecule has 106 valence electrons. The second kappa shape index (κ2) is 6.60. The summed E-state index contributed by atoms with van der Waals surface area (Å²) in [6, 6.07) is 6.91. The van der Waals surface area contributed by atoms with E-state index in [9.17, 15) is 4.79 Å². The number of carbonyl (C=O) groups is 1. The van der Waals surface area contributed by atoms with Crippen molar-refractivity contribution in [3.63, 3.8) is 0 Å². The van der Waals surface area contributed by atoms with Gasteiger partial charge in [-0.15, -0.1) is 0 Å². The summed E-state index contributed by atoms with van der Waals surface area (Å²) < 4.78 is 12.0. The summed E-state index contributed by atoms with van der Waals surface area (Å²) >= 11 is 0. The lowest BCUT2D eigenvalue weighted by Crippen LogP contribution is -2.27. The number of ether oxygens (including phenoxy) is 2. The van der Waals surface area contributed by atoms with E-state index in [0.29, 0.717) is 30.2 Å². The molecule has 0 unspecified atom stereocenters. The number of nitrogens with zero attached hydrogens (tertiary/aromatic N) is 2. The normalized spacial score (nSPS) is 10.1. The molecule has 0 atom stereocenters. The first-order valence-corrected chi connectivity index (χ1v) is 6.21. The minimum absolute atomic E-state index is 0.172. The van der Waals surface area contributed by atoms with Gasteiger partial charge < -0.3 is 14.8 Å². The highest BCUT2D eigenvalue weighted by molar-refractivity contribution is 5.95. The van der Waals surface area contributed by atoms with Gasteiger partial charge in [0, 0.05) is 30.6 Å². The van der Waals surface area contributed by atoms with E-state index >= 15 is 0 Å². The highest BCUT2D eigenvalue weighted by Crippen LogP contribution is 2.22. The maximum Gasteiger partial charge on any atom is 0.251 e. The van der Waals surface area contributed by atoms with E-state index in [1.807, 2.05) is 12.3 Å². The highest BCUT2D eigenvalue weighted by Gasteiger charge is 2.09. The van der Waals surface area contributed by atoms with Crippen LogP contribution in [-0.2, 0) is 6.54 Å². The van der Waals surface area contributed by atoms with Crippen LogP contribution >= 0.6 is 0 Å². The van der Waals surface area contributed by atoms with Gasteiger partial charge in [0.05, 0.1) is 20.8 Å². The molecular formula is C14H17N3O3. The minimum Gasteiger partial charge on any atom is -0.497 e. The number of benzene rings is 1. The Kier molecular flexibility index (Phi) is 4.60. The van der Waals surface area contributed by atoms with Crippen LogP contribution in [0.5, 0.6) is 11.5 Å². The van der Waals surface area contributed by atoms with Crippen molar-refractivity contribution in [3.8, 4) is 11.5 Å². The Labute approximate surface area is 117 Å². The van der Waals surface area contributed by atoms with Gasteiger partial charge in [-0.05, 0) is 18.2 Å². The Morgan fingerprint density at radius 2 is 1.95 bits per heavy atom. The standard InChI is InChI=1S/C14H17N3O3/c1-19-12-8-11(9-13(10-12)20-2)14(18)15-5-7-17-6-3-4-16-17/h3-4,6,8-10H,5,7H2,1-2H3,(H,15,18). The largest absolute Gasteiger partial charge is 0.497 e. The van der Waals surface area contributed by atoms with Crippen molar-refractivity contribution in [1.82, 2.24) is 15.1 Å². The van der Waals surface area contributed by atoms with Crippen LogP contribution in [-0.4, -0.2) is 36.5 Å². The second-order valence-corrected chi connectivity index (χ2v) is 4.13. The zero-order chi connectivity index (χ0) is 14.4. The molecule has 6 heteroatoms. The molecule has 2 rings (SSSR count). The number of nitrogens with one attached hydrogen (secondary N) is 1. The van der Waals surface area contributed by atoms with Gasteiger partial charge in [-0.2, -0.15) is 5.10 Å². The molecule has 0 aliphatic rings. The summed E-state index contributed by atoms with van der Waals surface area (Å²) in [6.45, 7) is 1.12. The molecule has 6 nitrogen and oxygen atoms in total. The molecule has 0 saturated carbocycles. The zero-order valence-electron chi connectivity index (χ0n) is 11.5. The van der Waals surface area contributed by atoms with Crippen molar-refractivity contribution >= 4 is 5.91 Å². The van der Waals surface area contributed by atoms with E-state index in [4.69, 9.17) is 9.47 Å². The van der Waals surface area contributed by atoms with Crippen molar-refractivity contribution in [3.05, 3.63) is 42.2 Å². The Morgan fingerprint density at radius 3 is 2.50 bits per heavy atom. The van der Waals surface area contributed by atoms with Crippen LogP contribution in [0.2, 0.25) is 0 Å². The molecule has 1 aromatic carbocycles. The molecular weight excluding hydrogens is 258 g/mol. The summed E-state index contributed by atoms with van der Waals surface area (Å²) in [4.78, 5) is 12.1. The predicted molar refractivity (Wildman–Crippen MR) is 74.1 cm³/mol. The Bertz CT molecular complexity index is 545. The van der Waals surface area contributed by atoms with E-state index in [1.54, 1.807) is 43.3 Å². The summed E-state index contributed by atoms with van der Waals surface area (Å²) in [5.74, 6) is 0.998. The van der Waals surface area contributed by atoms with Gasteiger partial charge >= 0.3 is 0 Å². The summed E-state index contributed by atoms with van der Waals surface area (Å²) in [6.07, 6.45) is 3.55. The number of methoxy groups -OCH3 is 2. The van der Waals surface area contributed by atoms with Gasteiger partial charge in [-0.3, -0.25) is 9.48 Å². The topological polar surface area (TPSA) is 65.4 Å². The van der Waals surface area contributed by atoms with E-state index in [0.717, 1.165) is 0 Å². The van der Waals surface area contributed by atoms with Gasteiger partial charge in [0.1, 0.15) is 11.5 Å². The fourth-order valence-electron chi connectivity index (χ4n) is 1.76. The molecule has 0 saturated heterocycles. The lowest BCUT2D eigenvalue weighted by atomic mass is 10.2. The second-order valence-electron chi connectivity index (χ2n) is 4.13. The molecule has 0 fully saturated rings. The molecule has 0 aliphatic carbocycles. The van der Waals surface area contributed by atoms with Gasteiger partial charge in [0.25, 0.3) is 5.91 Å². The van der Waals surface area contributed by atoms with Crippen molar-refractivity contribution < 1.29 is 14.3 Å². The van der Waals surface area contributed by atoms with Crippen LogP contribution < -0.4 is 14.8 Å². The highest BCUT2D eigenvalue weighted by atomic mass is 16.5. The van der Waals surface area contributed by atoms with E-state index in [2.05, 4.69) is 10.4 Å². The first-order chi connectivity index (χ1) is 9.72. The van der Waals surface area contributed by atoms with Gasteiger partial charge in [0.2, 0.25) is 0 Å². The van der Waals surface area contributed by atoms with Crippen molar-refractivity contribution in [2.45, 2.75) is 6.54 Å². The van der Waals surface area contributed by atoms with Crippen molar-refractivity contribution in [1.29, 1.82) is 0 Å². The van der Waals surface area contributed by atoms with Gasteiger partial charge in [-0.1, -0.05) is 0 Å². The van der Waals surface area contributed by atoms with E-state index in [1.165, 1.54) is 0 Å². The number of hydrogen-bond acceptors (Lipinski definition) is 4. The van der Waals surface area contributed by atoms with Crippen molar-refractivity contribution in [2.75, 3.05) is 20.8 Å². The molecule has 1 N–H and O–H groups in total. The maximum absolute atomic E-state index is 12.1. The number of carbonyl (C=O) groups excluding carboxylic acids is 1. The third kappa shape index (κ3) is 3.50. The first kappa shape index (κ1) is 13.9. The molecule has 1 aromatic heterocycles. The van der Waals surface area contributed by atoms with Crippen LogP contribution in [0.1, 0.15) is 10.4 Å². The van der Waals surface area contributed by atoms with Gasteiger partial charge in [0.15, 0.2) is 0 Å². The molecule has 20 heavy (non-hydrogen) atoms. The molecule has 0 spiro atoms. The average Bonchev–Trinajstić information content (AvgIpc) is 2.99. The zero-order valence-corrected chi connectivity index (χ0v) is 11.5. The molecule has 0 aliphatic heterocycles. The number of rotatable bonds is 6. The first-order valence-electron chi connectivity index (χ1n) is 6.21. The van der Waals surface area contributed by atoms with Crippen LogP contribution in [0.15, 0.2) is 36.7 Å². The van der Waals surface area contributed by atoms with E-state index < -0.39 is 0 Å². The fraction of sp³-hybridized carbons (Fsp3) is 0.286. The Morgan fingerprint density at radius 1 is 1.25 bits per heavy atom. The van der Waals surface area contributed by atoms with Crippen LogP contribution in [0, 0.1) is 0 Å². The predicted octanol–water partition coefficient (Wildman–Crippen LogP) is 1.33. The molecule has 1 amide bonds. The minimum atomic E-state index is -0.172. The number of hydrogen-bond donors (Lipinski definition) is 1. The average molecular weight is 275 g/mol. The van der Waals surface area contributed by atoms with E-state index in [-0.39, 0.29) is 5.91 Å². The lowest BCUT2D eigenvalue weighted by Gasteiger charge is -2.09. The third-order valence-electron chi connectivity index (χ3n) is 2.80. The third-order valence-corrected chi connectivity index (χ3v) is 2.80. The van der Waals surface area contributed by atoms with Crippen LogP contribution in [0.4, 0.5) is 0 Å².